The SMILES string of the molecule is O=C1c2ccccc2[C@@H]2c3ccccc3Sc3cccc1c32. The smallest absolute Gasteiger partial charge is 0.193 e. The Balaban J connectivity index is 1.92. The van der Waals surface area contributed by atoms with Gasteiger partial charge in [0.25, 0.3) is 0 Å². The third-order valence-corrected chi connectivity index (χ3v) is 5.73. The monoisotopic (exact) mass is 300 g/mol. The number of ketones is 1. The summed E-state index contributed by atoms with van der Waals surface area (Å²) >= 11 is 1.77. The molecular weight excluding hydrogens is 288 g/mol. The average Bonchev–Trinajstić information content (AvgIpc) is 2.58. The van der Waals surface area contributed by atoms with E-state index in [1.54, 1.807) is 11.8 Å². The van der Waals surface area contributed by atoms with Gasteiger partial charge in [-0.25, -0.2) is 0 Å². The summed E-state index contributed by atoms with van der Waals surface area (Å²) in [5.41, 5.74) is 5.35. The third kappa shape index (κ3) is 1.48. The molecule has 0 spiro atoms. The summed E-state index contributed by atoms with van der Waals surface area (Å²) in [5, 5.41) is 0. The van der Waals surface area contributed by atoms with Gasteiger partial charge in [0.2, 0.25) is 0 Å². The highest BCUT2D eigenvalue weighted by molar-refractivity contribution is 7.99. The molecule has 0 aromatic heterocycles. The van der Waals surface area contributed by atoms with Crippen LogP contribution >= 0.6 is 11.8 Å². The van der Waals surface area contributed by atoms with Crippen LogP contribution in [0.2, 0.25) is 0 Å². The van der Waals surface area contributed by atoms with E-state index < -0.39 is 0 Å². The van der Waals surface area contributed by atoms with Crippen molar-refractivity contribution in [3.8, 4) is 0 Å². The zero-order valence-corrected chi connectivity index (χ0v) is 12.6. The molecule has 0 saturated carbocycles. The Kier molecular flexibility index (Phi) is 2.42. The fourth-order valence-corrected chi connectivity index (χ4v) is 4.81. The predicted molar refractivity (Wildman–Crippen MR) is 87.8 cm³/mol. The maximum absolute atomic E-state index is 12.8. The van der Waals surface area contributed by atoms with E-state index in [4.69, 9.17) is 0 Å². The summed E-state index contributed by atoms with van der Waals surface area (Å²) in [6.07, 6.45) is 0. The first-order valence-electron chi connectivity index (χ1n) is 7.38. The average molecular weight is 300 g/mol. The summed E-state index contributed by atoms with van der Waals surface area (Å²) in [6, 6.07) is 22.7. The van der Waals surface area contributed by atoms with Gasteiger partial charge in [0, 0.05) is 26.8 Å². The lowest BCUT2D eigenvalue weighted by atomic mass is 9.74. The summed E-state index contributed by atoms with van der Waals surface area (Å²) < 4.78 is 0. The molecule has 22 heavy (non-hydrogen) atoms. The van der Waals surface area contributed by atoms with Gasteiger partial charge in [-0.1, -0.05) is 66.4 Å². The van der Waals surface area contributed by atoms with Crippen molar-refractivity contribution < 1.29 is 4.79 Å². The van der Waals surface area contributed by atoms with Crippen LogP contribution in [-0.2, 0) is 0 Å². The molecule has 1 atom stereocenters. The van der Waals surface area contributed by atoms with Gasteiger partial charge in [0.1, 0.15) is 0 Å². The lowest BCUT2D eigenvalue weighted by molar-refractivity contribution is 0.103. The number of rotatable bonds is 0. The van der Waals surface area contributed by atoms with Crippen molar-refractivity contribution in [1.29, 1.82) is 0 Å². The van der Waals surface area contributed by atoms with Crippen molar-refractivity contribution in [2.45, 2.75) is 15.7 Å². The van der Waals surface area contributed by atoms with Crippen molar-refractivity contribution in [1.82, 2.24) is 0 Å². The largest absolute Gasteiger partial charge is 0.289 e. The normalized spacial score (nSPS) is 17.5. The number of hydrogen-bond acceptors (Lipinski definition) is 2. The molecule has 0 amide bonds. The second-order valence-corrected chi connectivity index (χ2v) is 6.79. The zero-order chi connectivity index (χ0) is 14.7. The molecule has 3 aromatic rings. The van der Waals surface area contributed by atoms with E-state index in [2.05, 4.69) is 36.4 Å². The van der Waals surface area contributed by atoms with Crippen LogP contribution < -0.4 is 0 Å². The molecule has 0 saturated heterocycles. The highest BCUT2D eigenvalue weighted by Crippen LogP contribution is 2.52. The summed E-state index contributed by atoms with van der Waals surface area (Å²) in [5.74, 6) is 0.334. The number of carbonyl (C=O) groups excluding carboxylic acids is 1. The first-order valence-corrected chi connectivity index (χ1v) is 8.19. The van der Waals surface area contributed by atoms with Crippen molar-refractivity contribution in [3.05, 3.63) is 94.5 Å². The highest BCUT2D eigenvalue weighted by atomic mass is 32.2. The molecular formula is C20H12OS. The van der Waals surface area contributed by atoms with Gasteiger partial charge in [0.05, 0.1) is 0 Å². The van der Waals surface area contributed by atoms with Crippen LogP contribution in [-0.4, -0.2) is 5.78 Å². The number of hydrogen-bond donors (Lipinski definition) is 0. The van der Waals surface area contributed by atoms with E-state index in [1.807, 2.05) is 30.3 Å². The standard InChI is InChI=1S/C20H12OS/c21-20-13-7-2-1-6-12(13)18-14-8-3-4-10-16(14)22-17-11-5-9-15(20)19(17)18/h1-11,18H/t18-/m1/s1. The van der Waals surface area contributed by atoms with Crippen molar-refractivity contribution >= 4 is 17.5 Å². The Morgan fingerprint density at radius 3 is 2.27 bits per heavy atom. The van der Waals surface area contributed by atoms with E-state index >= 15 is 0 Å². The number of fused-ring (bicyclic) bond motifs is 4. The molecule has 0 radical (unpaired) electrons. The van der Waals surface area contributed by atoms with Crippen LogP contribution in [0, 0.1) is 0 Å². The first kappa shape index (κ1) is 12.2. The van der Waals surface area contributed by atoms with Crippen LogP contribution in [0.4, 0.5) is 0 Å². The number of benzene rings is 3. The molecule has 2 heteroatoms. The van der Waals surface area contributed by atoms with E-state index in [0.717, 1.165) is 16.7 Å². The molecule has 2 aliphatic rings. The fourth-order valence-electron chi connectivity index (χ4n) is 3.64. The number of carbonyl (C=O) groups is 1. The third-order valence-electron chi connectivity index (χ3n) is 4.57. The second-order valence-electron chi connectivity index (χ2n) is 5.71. The van der Waals surface area contributed by atoms with Gasteiger partial charge in [-0.15, -0.1) is 0 Å². The maximum Gasteiger partial charge on any atom is 0.193 e. The molecule has 0 bridgehead atoms. The fraction of sp³-hybridized carbons (Fsp3) is 0.0500. The van der Waals surface area contributed by atoms with Gasteiger partial charge < -0.3 is 0 Å². The van der Waals surface area contributed by atoms with Crippen molar-refractivity contribution in [2.75, 3.05) is 0 Å². The molecule has 3 aromatic carbocycles. The van der Waals surface area contributed by atoms with E-state index in [9.17, 15) is 4.79 Å². The Hall–Kier alpha value is -2.32. The zero-order valence-electron chi connectivity index (χ0n) is 11.7. The van der Waals surface area contributed by atoms with Gasteiger partial charge >= 0.3 is 0 Å². The second kappa shape index (κ2) is 4.34. The van der Waals surface area contributed by atoms with Crippen LogP contribution in [0.1, 0.15) is 38.5 Å². The Morgan fingerprint density at radius 2 is 1.36 bits per heavy atom. The molecule has 1 aliphatic carbocycles. The topological polar surface area (TPSA) is 17.1 Å². The highest BCUT2D eigenvalue weighted by Gasteiger charge is 2.37. The minimum atomic E-state index is 0.156. The van der Waals surface area contributed by atoms with Crippen LogP contribution in [0.3, 0.4) is 0 Å². The molecule has 0 N–H and O–H groups in total. The lowest BCUT2D eigenvalue weighted by Gasteiger charge is -2.34. The van der Waals surface area contributed by atoms with Gasteiger partial charge in [-0.05, 0) is 28.8 Å². The lowest BCUT2D eigenvalue weighted by Crippen LogP contribution is -2.23. The van der Waals surface area contributed by atoms with Gasteiger partial charge in [-0.2, -0.15) is 0 Å². The van der Waals surface area contributed by atoms with Crippen LogP contribution in [0.15, 0.2) is 76.5 Å². The Labute approximate surface area is 133 Å². The van der Waals surface area contributed by atoms with Crippen LogP contribution in [0.25, 0.3) is 0 Å². The molecule has 0 fully saturated rings. The maximum atomic E-state index is 12.8. The van der Waals surface area contributed by atoms with E-state index in [0.29, 0.717) is 0 Å². The Bertz CT molecular complexity index is 942. The van der Waals surface area contributed by atoms with Crippen LogP contribution in [0.5, 0.6) is 0 Å². The van der Waals surface area contributed by atoms with E-state index in [1.165, 1.54) is 20.9 Å². The quantitative estimate of drug-likeness (QED) is 0.405. The van der Waals surface area contributed by atoms with Crippen molar-refractivity contribution in [2.24, 2.45) is 0 Å². The minimum Gasteiger partial charge on any atom is -0.289 e. The molecule has 5 rings (SSSR count). The molecule has 1 heterocycles. The molecule has 0 unspecified atom stereocenters. The summed E-state index contributed by atoms with van der Waals surface area (Å²) in [7, 11) is 0. The first-order chi connectivity index (χ1) is 10.8. The van der Waals surface area contributed by atoms with Gasteiger partial charge in [-0.3, -0.25) is 4.79 Å². The minimum absolute atomic E-state index is 0.156. The van der Waals surface area contributed by atoms with Gasteiger partial charge in [0.15, 0.2) is 5.78 Å². The molecule has 1 aliphatic heterocycles. The Morgan fingerprint density at radius 1 is 0.682 bits per heavy atom. The summed E-state index contributed by atoms with van der Waals surface area (Å²) in [6.45, 7) is 0. The molecule has 104 valence electrons. The van der Waals surface area contributed by atoms with E-state index in [-0.39, 0.29) is 11.7 Å². The summed E-state index contributed by atoms with van der Waals surface area (Å²) in [4.78, 5) is 15.4. The molecule has 1 nitrogen and oxygen atoms in total. The van der Waals surface area contributed by atoms with Crippen molar-refractivity contribution in [3.63, 3.8) is 0 Å². The predicted octanol–water partition coefficient (Wildman–Crippen LogP) is 4.88.